The minimum atomic E-state index is -0.464. The van der Waals surface area contributed by atoms with Crippen LogP contribution in [-0.4, -0.2) is 65.0 Å². The van der Waals surface area contributed by atoms with Crippen molar-refractivity contribution < 1.29 is 4.79 Å². The van der Waals surface area contributed by atoms with Crippen molar-refractivity contribution in [3.05, 3.63) is 18.2 Å². The van der Waals surface area contributed by atoms with E-state index in [-0.39, 0.29) is 0 Å². The zero-order valence-electron chi connectivity index (χ0n) is 10.2. The molecule has 94 valence electrons. The normalized spacial score (nSPS) is 18.4. The highest BCUT2D eigenvalue weighted by molar-refractivity contribution is 5.89. The molecule has 1 aromatic heterocycles. The van der Waals surface area contributed by atoms with Crippen LogP contribution in [0.3, 0.4) is 0 Å². The first-order valence-corrected chi connectivity index (χ1v) is 5.88. The average molecular weight is 237 g/mol. The summed E-state index contributed by atoms with van der Waals surface area (Å²) in [4.78, 5) is 19.8. The summed E-state index contributed by atoms with van der Waals surface area (Å²) in [6, 6.07) is 0. The number of carbonyl (C=O) groups excluding carboxylic acids is 1. The Morgan fingerprint density at radius 3 is 2.71 bits per heavy atom. The Labute approximate surface area is 101 Å². The smallest absolute Gasteiger partial charge is 0.284 e. The third-order valence-corrected chi connectivity index (χ3v) is 3.19. The van der Waals surface area contributed by atoms with Crippen LogP contribution in [0.15, 0.2) is 12.4 Å². The molecule has 1 saturated heterocycles. The van der Waals surface area contributed by atoms with E-state index in [9.17, 15) is 4.79 Å². The molecule has 0 saturated carbocycles. The number of nitrogens with two attached hydrogens (primary N) is 1. The van der Waals surface area contributed by atoms with Crippen LogP contribution >= 0.6 is 0 Å². The Balaban J connectivity index is 1.85. The standard InChI is InChI=1S/C11H19N5O/c1-14-4-6-15(7-5-14)8-9-16-3-2-13-11(16)10(12)17/h2-3H,4-9H2,1H3,(H2,12,17). The van der Waals surface area contributed by atoms with Gasteiger partial charge >= 0.3 is 0 Å². The van der Waals surface area contributed by atoms with Crippen molar-refractivity contribution in [3.63, 3.8) is 0 Å². The second kappa shape index (κ2) is 5.29. The number of piperazine rings is 1. The average Bonchev–Trinajstić information content (AvgIpc) is 2.76. The number of carbonyl (C=O) groups is 1. The monoisotopic (exact) mass is 237 g/mol. The van der Waals surface area contributed by atoms with Crippen molar-refractivity contribution in [2.45, 2.75) is 6.54 Å². The predicted octanol–water partition coefficient (Wildman–Crippen LogP) is -0.771. The molecule has 6 nitrogen and oxygen atoms in total. The summed E-state index contributed by atoms with van der Waals surface area (Å²) in [5.41, 5.74) is 5.24. The second-order valence-corrected chi connectivity index (χ2v) is 4.45. The molecule has 2 heterocycles. The van der Waals surface area contributed by atoms with Gasteiger partial charge in [-0.25, -0.2) is 4.98 Å². The van der Waals surface area contributed by atoms with Crippen molar-refractivity contribution in [2.75, 3.05) is 39.8 Å². The lowest BCUT2D eigenvalue weighted by Gasteiger charge is -2.32. The molecule has 0 radical (unpaired) electrons. The molecule has 0 spiro atoms. The molecule has 1 amide bonds. The number of primary amides is 1. The molecule has 1 aliphatic heterocycles. The topological polar surface area (TPSA) is 67.4 Å². The molecule has 0 aromatic carbocycles. The van der Waals surface area contributed by atoms with Gasteiger partial charge in [0.25, 0.3) is 5.91 Å². The zero-order valence-corrected chi connectivity index (χ0v) is 10.2. The first-order chi connectivity index (χ1) is 8.16. The van der Waals surface area contributed by atoms with Crippen LogP contribution in [0.1, 0.15) is 10.6 Å². The molecule has 0 unspecified atom stereocenters. The van der Waals surface area contributed by atoms with Crippen molar-refractivity contribution in [3.8, 4) is 0 Å². The van der Waals surface area contributed by atoms with E-state index in [0.717, 1.165) is 39.3 Å². The Hall–Kier alpha value is -1.40. The van der Waals surface area contributed by atoms with Crippen molar-refractivity contribution in [1.82, 2.24) is 19.4 Å². The Bertz CT molecular complexity index is 381. The van der Waals surface area contributed by atoms with E-state index in [1.165, 1.54) is 0 Å². The number of aromatic nitrogens is 2. The lowest BCUT2D eigenvalue weighted by atomic mass is 10.3. The van der Waals surface area contributed by atoms with Crippen molar-refractivity contribution in [1.29, 1.82) is 0 Å². The maximum Gasteiger partial charge on any atom is 0.284 e. The fourth-order valence-electron chi connectivity index (χ4n) is 2.04. The summed E-state index contributed by atoms with van der Waals surface area (Å²) >= 11 is 0. The molecule has 0 bridgehead atoms. The largest absolute Gasteiger partial charge is 0.363 e. The third kappa shape index (κ3) is 3.04. The van der Waals surface area contributed by atoms with E-state index in [2.05, 4.69) is 21.8 Å². The Morgan fingerprint density at radius 1 is 1.35 bits per heavy atom. The summed E-state index contributed by atoms with van der Waals surface area (Å²) in [5, 5.41) is 0. The fourth-order valence-corrected chi connectivity index (χ4v) is 2.04. The molecular weight excluding hydrogens is 218 g/mol. The Kier molecular flexibility index (Phi) is 3.75. The van der Waals surface area contributed by atoms with Gasteiger partial charge in [0, 0.05) is 51.7 Å². The minimum absolute atomic E-state index is 0.346. The number of amides is 1. The number of likely N-dealkylation sites (N-methyl/N-ethyl adjacent to an activating group) is 1. The zero-order chi connectivity index (χ0) is 12.3. The maximum absolute atomic E-state index is 11.1. The first kappa shape index (κ1) is 12.1. The number of rotatable bonds is 4. The predicted molar refractivity (Wildman–Crippen MR) is 64.7 cm³/mol. The van der Waals surface area contributed by atoms with Gasteiger partial charge in [-0.05, 0) is 7.05 Å². The van der Waals surface area contributed by atoms with Gasteiger partial charge in [0.1, 0.15) is 0 Å². The molecular formula is C11H19N5O. The van der Waals surface area contributed by atoms with Gasteiger partial charge in [0.15, 0.2) is 5.82 Å². The number of imidazole rings is 1. The summed E-state index contributed by atoms with van der Waals surface area (Å²) < 4.78 is 1.82. The van der Waals surface area contributed by atoms with Crippen LogP contribution in [0.25, 0.3) is 0 Å². The number of hydrogen-bond acceptors (Lipinski definition) is 4. The Morgan fingerprint density at radius 2 is 2.06 bits per heavy atom. The molecule has 1 fully saturated rings. The van der Waals surface area contributed by atoms with E-state index in [1.807, 2.05) is 4.57 Å². The van der Waals surface area contributed by atoms with E-state index < -0.39 is 5.91 Å². The van der Waals surface area contributed by atoms with Gasteiger partial charge < -0.3 is 15.2 Å². The van der Waals surface area contributed by atoms with Crippen LogP contribution in [-0.2, 0) is 6.54 Å². The fraction of sp³-hybridized carbons (Fsp3) is 0.636. The quantitative estimate of drug-likeness (QED) is 0.746. The summed E-state index contributed by atoms with van der Waals surface area (Å²) in [7, 11) is 2.14. The summed E-state index contributed by atoms with van der Waals surface area (Å²) in [6.07, 6.45) is 3.42. The maximum atomic E-state index is 11.1. The lowest BCUT2D eigenvalue weighted by molar-refractivity contribution is 0.0984. The van der Waals surface area contributed by atoms with E-state index >= 15 is 0 Å². The SMILES string of the molecule is CN1CCN(CCn2ccnc2C(N)=O)CC1. The highest BCUT2D eigenvalue weighted by atomic mass is 16.1. The van der Waals surface area contributed by atoms with Gasteiger partial charge in [-0.3, -0.25) is 9.69 Å². The second-order valence-electron chi connectivity index (χ2n) is 4.45. The molecule has 6 heteroatoms. The minimum Gasteiger partial charge on any atom is -0.363 e. The molecule has 0 atom stereocenters. The van der Waals surface area contributed by atoms with Crippen LogP contribution < -0.4 is 5.73 Å². The molecule has 1 aromatic rings. The van der Waals surface area contributed by atoms with Crippen molar-refractivity contribution >= 4 is 5.91 Å². The van der Waals surface area contributed by atoms with Gasteiger partial charge in [-0.15, -0.1) is 0 Å². The van der Waals surface area contributed by atoms with Crippen molar-refractivity contribution in [2.24, 2.45) is 5.73 Å². The van der Waals surface area contributed by atoms with E-state index in [0.29, 0.717) is 5.82 Å². The van der Waals surface area contributed by atoms with Crippen LogP contribution in [0.2, 0.25) is 0 Å². The molecule has 1 aliphatic rings. The summed E-state index contributed by atoms with van der Waals surface area (Å²) in [5.74, 6) is -0.118. The van der Waals surface area contributed by atoms with Gasteiger partial charge in [0.05, 0.1) is 0 Å². The molecule has 17 heavy (non-hydrogen) atoms. The van der Waals surface area contributed by atoms with E-state index in [1.54, 1.807) is 12.4 Å². The molecule has 0 aliphatic carbocycles. The van der Waals surface area contributed by atoms with Crippen LogP contribution in [0, 0.1) is 0 Å². The van der Waals surface area contributed by atoms with Gasteiger partial charge in [0.2, 0.25) is 0 Å². The first-order valence-electron chi connectivity index (χ1n) is 5.88. The number of hydrogen-bond donors (Lipinski definition) is 1. The van der Waals surface area contributed by atoms with Gasteiger partial charge in [-0.1, -0.05) is 0 Å². The lowest BCUT2D eigenvalue weighted by Crippen LogP contribution is -2.45. The van der Waals surface area contributed by atoms with E-state index in [4.69, 9.17) is 5.73 Å². The molecule has 2 rings (SSSR count). The van der Waals surface area contributed by atoms with Crippen LogP contribution in [0.4, 0.5) is 0 Å². The molecule has 2 N–H and O–H groups in total. The third-order valence-electron chi connectivity index (χ3n) is 3.19. The van der Waals surface area contributed by atoms with Crippen LogP contribution in [0.5, 0.6) is 0 Å². The summed E-state index contributed by atoms with van der Waals surface area (Å²) in [6.45, 7) is 6.07. The highest BCUT2D eigenvalue weighted by Crippen LogP contribution is 2.01. The number of nitrogens with zero attached hydrogens (tertiary/aromatic N) is 4. The van der Waals surface area contributed by atoms with Gasteiger partial charge in [-0.2, -0.15) is 0 Å². The highest BCUT2D eigenvalue weighted by Gasteiger charge is 2.14.